The van der Waals surface area contributed by atoms with E-state index in [1.165, 1.54) is 0 Å². The SMILES string of the molecule is C[Si](C)(C)OC[C@@H](O[Si](C)(C)C)[C@H](O[Si](C)(C)C)[C@@H](CC(=O)O[Si](C)(C)C)O[Si](C)(C)C. The summed E-state index contributed by atoms with van der Waals surface area (Å²) >= 11 is 0. The lowest BCUT2D eigenvalue weighted by atomic mass is 10.1. The highest BCUT2D eigenvalue weighted by molar-refractivity contribution is 6.72. The molecule has 0 aliphatic heterocycles. The first-order valence-electron chi connectivity index (χ1n) is 11.8. The zero-order valence-electron chi connectivity index (χ0n) is 23.6. The molecule has 0 rings (SSSR count). The summed E-state index contributed by atoms with van der Waals surface area (Å²) in [5, 5.41) is 0. The summed E-state index contributed by atoms with van der Waals surface area (Å²) in [4.78, 5) is 12.9. The summed E-state index contributed by atoms with van der Waals surface area (Å²) in [6, 6.07) is 0. The maximum atomic E-state index is 12.9. The van der Waals surface area contributed by atoms with E-state index in [-0.39, 0.29) is 24.6 Å². The molecule has 192 valence electrons. The van der Waals surface area contributed by atoms with Gasteiger partial charge in [-0.25, -0.2) is 0 Å². The lowest BCUT2D eigenvalue weighted by Crippen LogP contribution is -2.55. The fourth-order valence-electron chi connectivity index (χ4n) is 3.01. The van der Waals surface area contributed by atoms with Crippen molar-refractivity contribution in [1.82, 2.24) is 0 Å². The van der Waals surface area contributed by atoms with Gasteiger partial charge in [0.15, 0.2) is 33.3 Å². The third kappa shape index (κ3) is 17.8. The van der Waals surface area contributed by atoms with E-state index in [1.807, 2.05) is 19.6 Å². The number of rotatable bonds is 14. The van der Waals surface area contributed by atoms with E-state index < -0.39 is 47.7 Å². The van der Waals surface area contributed by atoms with Crippen LogP contribution >= 0.6 is 0 Å². The van der Waals surface area contributed by atoms with Crippen LogP contribution in [0.25, 0.3) is 0 Å². The summed E-state index contributed by atoms with van der Waals surface area (Å²) in [6.07, 6.45) is -0.932. The van der Waals surface area contributed by atoms with Gasteiger partial charge in [0.05, 0.1) is 31.3 Å². The molecular formula is C21H52O6Si5. The first-order valence-corrected chi connectivity index (χ1v) is 28.8. The Morgan fingerprint density at radius 1 is 0.562 bits per heavy atom. The first kappa shape index (κ1) is 32.4. The van der Waals surface area contributed by atoms with Crippen molar-refractivity contribution < 1.29 is 26.9 Å². The van der Waals surface area contributed by atoms with Gasteiger partial charge in [0.25, 0.3) is 5.97 Å². The minimum Gasteiger partial charge on any atom is -0.520 e. The highest BCUT2D eigenvalue weighted by Gasteiger charge is 2.41. The number of hydrogen-bond acceptors (Lipinski definition) is 6. The van der Waals surface area contributed by atoms with Crippen LogP contribution < -0.4 is 0 Å². The molecule has 0 radical (unpaired) electrons. The quantitative estimate of drug-likeness (QED) is 0.242. The van der Waals surface area contributed by atoms with Crippen LogP contribution in [-0.4, -0.2) is 72.5 Å². The molecule has 0 unspecified atom stereocenters. The van der Waals surface area contributed by atoms with Crippen molar-refractivity contribution in [2.45, 2.75) is 123 Å². The van der Waals surface area contributed by atoms with E-state index in [1.54, 1.807) is 0 Å². The van der Waals surface area contributed by atoms with Gasteiger partial charge in [0, 0.05) is 0 Å². The molecule has 0 fully saturated rings. The Hall–Kier alpha value is 0.394. The summed E-state index contributed by atoms with van der Waals surface area (Å²) in [6.45, 7) is 32.5. The Morgan fingerprint density at radius 3 is 1.31 bits per heavy atom. The monoisotopic (exact) mass is 540 g/mol. The fraction of sp³-hybridized carbons (Fsp3) is 0.952. The topological polar surface area (TPSA) is 63.2 Å². The Bertz CT molecular complexity index is 582. The molecule has 0 saturated heterocycles. The zero-order valence-corrected chi connectivity index (χ0v) is 28.6. The Labute approximate surface area is 203 Å². The molecule has 0 saturated carbocycles. The molecule has 6 nitrogen and oxygen atoms in total. The van der Waals surface area contributed by atoms with Crippen molar-refractivity contribution in [3.63, 3.8) is 0 Å². The Balaban J connectivity index is 6.22. The van der Waals surface area contributed by atoms with Crippen LogP contribution in [0.15, 0.2) is 0 Å². The van der Waals surface area contributed by atoms with Crippen LogP contribution in [-0.2, 0) is 26.9 Å². The zero-order chi connectivity index (χ0) is 25.8. The van der Waals surface area contributed by atoms with Gasteiger partial charge in [-0.3, -0.25) is 4.79 Å². The number of carbonyl (C=O) groups is 1. The van der Waals surface area contributed by atoms with Gasteiger partial charge < -0.3 is 22.1 Å². The molecule has 0 bridgehead atoms. The minimum atomic E-state index is -2.00. The smallest absolute Gasteiger partial charge is 0.295 e. The van der Waals surface area contributed by atoms with Crippen molar-refractivity contribution in [3.05, 3.63) is 0 Å². The second-order valence-corrected chi connectivity index (χ2v) is 35.8. The molecule has 0 heterocycles. The molecule has 0 aliphatic carbocycles. The van der Waals surface area contributed by atoms with E-state index in [0.717, 1.165) is 0 Å². The molecule has 0 amide bonds. The molecule has 0 aromatic carbocycles. The summed E-state index contributed by atoms with van der Waals surface area (Å²) in [5.74, 6) is -0.213. The predicted molar refractivity (Wildman–Crippen MR) is 148 cm³/mol. The van der Waals surface area contributed by atoms with Gasteiger partial charge >= 0.3 is 0 Å². The van der Waals surface area contributed by atoms with Gasteiger partial charge in [-0.2, -0.15) is 0 Å². The van der Waals surface area contributed by atoms with Crippen molar-refractivity contribution in [2.75, 3.05) is 6.61 Å². The van der Waals surface area contributed by atoms with Crippen molar-refractivity contribution >= 4 is 47.6 Å². The number of hydrogen-bond donors (Lipinski definition) is 0. The molecule has 0 aromatic rings. The molecule has 0 aliphatic rings. The molecule has 3 atom stereocenters. The normalized spacial score (nSPS) is 17.1. The van der Waals surface area contributed by atoms with Crippen molar-refractivity contribution in [1.29, 1.82) is 0 Å². The average Bonchev–Trinajstić information content (AvgIpc) is 2.42. The van der Waals surface area contributed by atoms with Crippen LogP contribution in [0, 0.1) is 0 Å². The molecular weight excluding hydrogens is 489 g/mol. The Morgan fingerprint density at radius 2 is 0.969 bits per heavy atom. The molecule has 0 N–H and O–H groups in total. The minimum absolute atomic E-state index is 0.169. The lowest BCUT2D eigenvalue weighted by Gasteiger charge is -2.42. The van der Waals surface area contributed by atoms with Crippen LogP contribution in [0.4, 0.5) is 0 Å². The summed E-state index contributed by atoms with van der Waals surface area (Å²) < 4.78 is 32.1. The predicted octanol–water partition coefficient (Wildman–Crippen LogP) is 6.27. The fourth-order valence-corrected chi connectivity index (χ4v) is 7.79. The van der Waals surface area contributed by atoms with Gasteiger partial charge in [-0.1, -0.05) is 0 Å². The van der Waals surface area contributed by atoms with Gasteiger partial charge in [-0.05, 0) is 98.2 Å². The number of carbonyl (C=O) groups excluding carboxylic acids is 1. The Kier molecular flexibility index (Phi) is 12.0. The van der Waals surface area contributed by atoms with Crippen LogP contribution in [0.5, 0.6) is 0 Å². The van der Waals surface area contributed by atoms with Gasteiger partial charge in [-0.15, -0.1) is 0 Å². The second-order valence-electron chi connectivity index (χ2n) is 13.4. The van der Waals surface area contributed by atoms with Crippen LogP contribution in [0.2, 0.25) is 98.2 Å². The van der Waals surface area contributed by atoms with E-state index in [9.17, 15) is 4.79 Å². The van der Waals surface area contributed by atoms with Crippen molar-refractivity contribution in [3.8, 4) is 0 Å². The standard InChI is InChI=1S/C21H52O6Si5/c1-28(2,3)23-17-19(25-30(7,8)9)21(27-32(13,14)15)18(24-29(4,5)6)16-20(22)26-31(10,11)12/h18-19,21H,16-17H2,1-15H3/t18-,19-,21-/m1/s1. The average molecular weight is 541 g/mol. The largest absolute Gasteiger partial charge is 0.520 e. The van der Waals surface area contributed by atoms with E-state index in [2.05, 4.69) is 78.6 Å². The lowest BCUT2D eigenvalue weighted by molar-refractivity contribution is -0.140. The first-order chi connectivity index (χ1) is 13.9. The molecule has 0 spiro atoms. The maximum Gasteiger partial charge on any atom is 0.295 e. The third-order valence-corrected chi connectivity index (χ3v) is 8.57. The maximum absolute atomic E-state index is 12.9. The summed E-state index contributed by atoms with van der Waals surface area (Å²) in [7, 11) is -9.67. The molecule has 11 heteroatoms. The van der Waals surface area contributed by atoms with E-state index in [4.69, 9.17) is 22.1 Å². The highest BCUT2D eigenvalue weighted by atomic mass is 28.4. The summed E-state index contributed by atoms with van der Waals surface area (Å²) in [5.41, 5.74) is 0. The van der Waals surface area contributed by atoms with Crippen LogP contribution in [0.1, 0.15) is 6.42 Å². The highest BCUT2D eigenvalue weighted by Crippen LogP contribution is 2.27. The van der Waals surface area contributed by atoms with E-state index >= 15 is 0 Å². The van der Waals surface area contributed by atoms with Gasteiger partial charge in [0.1, 0.15) is 0 Å². The molecule has 32 heavy (non-hydrogen) atoms. The van der Waals surface area contributed by atoms with Crippen molar-refractivity contribution in [2.24, 2.45) is 0 Å². The third-order valence-electron chi connectivity index (χ3n) is 3.70. The van der Waals surface area contributed by atoms with Crippen LogP contribution in [0.3, 0.4) is 0 Å². The van der Waals surface area contributed by atoms with Gasteiger partial charge in [0.2, 0.25) is 8.32 Å². The second kappa shape index (κ2) is 11.9. The van der Waals surface area contributed by atoms with E-state index in [0.29, 0.717) is 6.61 Å². The molecule has 0 aromatic heterocycles.